The Bertz CT molecular complexity index is 362. The van der Waals surface area contributed by atoms with Crippen LogP contribution in [-0.2, 0) is 13.6 Å². The van der Waals surface area contributed by atoms with E-state index in [2.05, 4.69) is 15.7 Å². The fourth-order valence-electron chi connectivity index (χ4n) is 1.08. The Morgan fingerprint density at radius 3 is 2.77 bits per heavy atom. The standard InChI is InChI=1S/C8H11N5/c1-12-8(6-9-11-12)7-10-13-4-2-3-5-13/h2-6,10H,7H2,1H3. The van der Waals surface area contributed by atoms with Gasteiger partial charge in [0.05, 0.1) is 18.4 Å². The predicted molar refractivity (Wildman–Crippen MR) is 48.5 cm³/mol. The van der Waals surface area contributed by atoms with Gasteiger partial charge in [-0.15, -0.1) is 5.10 Å². The molecule has 0 aromatic carbocycles. The minimum atomic E-state index is 0.720. The van der Waals surface area contributed by atoms with Crippen LogP contribution in [0, 0.1) is 0 Å². The van der Waals surface area contributed by atoms with Gasteiger partial charge in [-0.1, -0.05) is 5.21 Å². The minimum Gasteiger partial charge on any atom is -0.320 e. The van der Waals surface area contributed by atoms with E-state index in [-0.39, 0.29) is 0 Å². The molecule has 2 rings (SSSR count). The van der Waals surface area contributed by atoms with Crippen molar-refractivity contribution in [1.29, 1.82) is 0 Å². The second kappa shape index (κ2) is 3.30. The SMILES string of the molecule is Cn1nncc1CNn1cccc1. The molecule has 0 aliphatic rings. The van der Waals surface area contributed by atoms with Crippen LogP contribution < -0.4 is 5.43 Å². The third-order valence-electron chi connectivity index (χ3n) is 1.86. The zero-order valence-electron chi connectivity index (χ0n) is 7.38. The van der Waals surface area contributed by atoms with E-state index in [4.69, 9.17) is 0 Å². The summed E-state index contributed by atoms with van der Waals surface area (Å²) in [6.45, 7) is 0.720. The highest BCUT2D eigenvalue weighted by atomic mass is 15.4. The van der Waals surface area contributed by atoms with Gasteiger partial charge in [0.25, 0.3) is 0 Å². The van der Waals surface area contributed by atoms with E-state index >= 15 is 0 Å². The van der Waals surface area contributed by atoms with E-state index in [0.717, 1.165) is 12.2 Å². The number of nitrogens with one attached hydrogen (secondary N) is 1. The van der Waals surface area contributed by atoms with Crippen molar-refractivity contribution in [3.63, 3.8) is 0 Å². The molecule has 0 unspecified atom stereocenters. The number of hydrogen-bond acceptors (Lipinski definition) is 3. The lowest BCUT2D eigenvalue weighted by molar-refractivity contribution is 0.670. The van der Waals surface area contributed by atoms with Gasteiger partial charge in [0, 0.05) is 19.4 Å². The second-order valence-corrected chi connectivity index (χ2v) is 2.77. The summed E-state index contributed by atoms with van der Waals surface area (Å²) < 4.78 is 3.64. The summed E-state index contributed by atoms with van der Waals surface area (Å²) in [6, 6.07) is 3.93. The molecule has 0 amide bonds. The Morgan fingerprint density at radius 1 is 1.38 bits per heavy atom. The lowest BCUT2D eigenvalue weighted by Gasteiger charge is -2.06. The van der Waals surface area contributed by atoms with Crippen LogP contribution in [0.2, 0.25) is 0 Å². The van der Waals surface area contributed by atoms with Gasteiger partial charge in [0.15, 0.2) is 0 Å². The lowest BCUT2D eigenvalue weighted by Crippen LogP contribution is -2.14. The average molecular weight is 177 g/mol. The van der Waals surface area contributed by atoms with Crippen LogP contribution in [-0.4, -0.2) is 19.7 Å². The van der Waals surface area contributed by atoms with Crippen LogP contribution in [0.25, 0.3) is 0 Å². The fourth-order valence-corrected chi connectivity index (χ4v) is 1.08. The maximum atomic E-state index is 3.83. The molecule has 0 saturated heterocycles. The summed E-state index contributed by atoms with van der Waals surface area (Å²) in [5, 5.41) is 7.62. The van der Waals surface area contributed by atoms with E-state index in [1.165, 1.54) is 0 Å². The molecule has 2 aromatic rings. The Labute approximate surface area is 76.0 Å². The molecule has 13 heavy (non-hydrogen) atoms. The quantitative estimate of drug-likeness (QED) is 0.736. The summed E-state index contributed by atoms with van der Waals surface area (Å²) in [7, 11) is 1.87. The molecule has 0 aliphatic heterocycles. The number of aryl methyl sites for hydroxylation is 1. The van der Waals surface area contributed by atoms with Gasteiger partial charge in [-0.25, -0.2) is 0 Å². The first-order chi connectivity index (χ1) is 6.36. The molecule has 2 heterocycles. The number of hydrogen-bond donors (Lipinski definition) is 1. The average Bonchev–Trinajstić information content (AvgIpc) is 2.72. The lowest BCUT2D eigenvalue weighted by atomic mass is 10.5. The fraction of sp³-hybridized carbons (Fsp3) is 0.250. The van der Waals surface area contributed by atoms with E-state index in [1.54, 1.807) is 10.9 Å². The van der Waals surface area contributed by atoms with E-state index in [0.29, 0.717) is 0 Å². The molecule has 0 atom stereocenters. The van der Waals surface area contributed by atoms with Crippen LogP contribution in [0.15, 0.2) is 30.7 Å². The highest BCUT2D eigenvalue weighted by Crippen LogP contribution is 1.94. The molecule has 0 aliphatic carbocycles. The third-order valence-corrected chi connectivity index (χ3v) is 1.86. The van der Waals surface area contributed by atoms with E-state index in [9.17, 15) is 0 Å². The molecule has 5 heteroatoms. The Hall–Kier alpha value is -1.78. The van der Waals surface area contributed by atoms with Gasteiger partial charge >= 0.3 is 0 Å². The normalized spacial score (nSPS) is 10.2. The molecule has 0 bridgehead atoms. The molecule has 0 radical (unpaired) electrons. The molecule has 68 valence electrons. The summed E-state index contributed by atoms with van der Waals surface area (Å²) in [6.07, 6.45) is 5.64. The number of rotatable bonds is 3. The van der Waals surface area contributed by atoms with Crippen molar-refractivity contribution in [2.75, 3.05) is 5.43 Å². The Balaban J connectivity index is 1.97. The van der Waals surface area contributed by atoms with Crippen molar-refractivity contribution >= 4 is 0 Å². The van der Waals surface area contributed by atoms with Crippen LogP contribution in [0.1, 0.15) is 5.69 Å². The Morgan fingerprint density at radius 2 is 2.15 bits per heavy atom. The molecular formula is C8H11N5. The first-order valence-corrected chi connectivity index (χ1v) is 4.06. The van der Waals surface area contributed by atoms with Crippen LogP contribution in [0.4, 0.5) is 0 Å². The third kappa shape index (κ3) is 1.69. The van der Waals surface area contributed by atoms with Crippen molar-refractivity contribution in [2.45, 2.75) is 6.54 Å². The van der Waals surface area contributed by atoms with Gasteiger partial charge in [-0.05, 0) is 12.1 Å². The number of nitrogens with zero attached hydrogens (tertiary/aromatic N) is 4. The van der Waals surface area contributed by atoms with Gasteiger partial charge < -0.3 is 5.43 Å². The first kappa shape index (κ1) is 7.85. The smallest absolute Gasteiger partial charge is 0.0791 e. The topological polar surface area (TPSA) is 47.7 Å². The van der Waals surface area contributed by atoms with Crippen molar-refractivity contribution < 1.29 is 0 Å². The molecular weight excluding hydrogens is 166 g/mol. The summed E-state index contributed by atoms with van der Waals surface area (Å²) in [4.78, 5) is 0. The Kier molecular flexibility index (Phi) is 1.99. The van der Waals surface area contributed by atoms with Crippen molar-refractivity contribution in [2.24, 2.45) is 7.05 Å². The van der Waals surface area contributed by atoms with Gasteiger partial charge in [0.1, 0.15) is 0 Å². The summed E-state index contributed by atoms with van der Waals surface area (Å²) in [5.74, 6) is 0. The van der Waals surface area contributed by atoms with Crippen LogP contribution >= 0.6 is 0 Å². The van der Waals surface area contributed by atoms with Gasteiger partial charge in [0.2, 0.25) is 0 Å². The second-order valence-electron chi connectivity index (χ2n) is 2.77. The monoisotopic (exact) mass is 177 g/mol. The van der Waals surface area contributed by atoms with E-state index in [1.807, 2.05) is 36.3 Å². The van der Waals surface area contributed by atoms with Gasteiger partial charge in [-0.2, -0.15) is 0 Å². The zero-order chi connectivity index (χ0) is 9.10. The van der Waals surface area contributed by atoms with Crippen molar-refractivity contribution in [3.8, 4) is 0 Å². The summed E-state index contributed by atoms with van der Waals surface area (Å²) in [5.41, 5.74) is 4.23. The maximum absolute atomic E-state index is 3.83. The maximum Gasteiger partial charge on any atom is 0.0791 e. The molecule has 5 nitrogen and oxygen atoms in total. The molecule has 0 fully saturated rings. The molecule has 0 spiro atoms. The van der Waals surface area contributed by atoms with Crippen LogP contribution in [0.3, 0.4) is 0 Å². The largest absolute Gasteiger partial charge is 0.320 e. The first-order valence-electron chi connectivity index (χ1n) is 4.06. The molecule has 0 saturated carbocycles. The van der Waals surface area contributed by atoms with Crippen LogP contribution in [0.5, 0.6) is 0 Å². The molecule has 2 aromatic heterocycles. The minimum absolute atomic E-state index is 0.720. The van der Waals surface area contributed by atoms with Crippen molar-refractivity contribution in [3.05, 3.63) is 36.4 Å². The number of aromatic nitrogens is 4. The van der Waals surface area contributed by atoms with Crippen molar-refractivity contribution in [1.82, 2.24) is 19.7 Å². The summed E-state index contributed by atoms with van der Waals surface area (Å²) >= 11 is 0. The highest BCUT2D eigenvalue weighted by Gasteiger charge is 1.97. The predicted octanol–water partition coefficient (Wildman–Crippen LogP) is 0.360. The zero-order valence-corrected chi connectivity index (χ0v) is 7.38. The van der Waals surface area contributed by atoms with E-state index < -0.39 is 0 Å². The van der Waals surface area contributed by atoms with Gasteiger partial charge in [-0.3, -0.25) is 9.36 Å². The molecule has 1 N–H and O–H groups in total. The highest BCUT2D eigenvalue weighted by molar-refractivity contribution is 4.99.